The molecule has 0 unspecified atom stereocenters. The number of ether oxygens (including phenoxy) is 1. The molecule has 0 fully saturated rings. The van der Waals surface area contributed by atoms with Gasteiger partial charge in [0.05, 0.1) is 18.4 Å². The van der Waals surface area contributed by atoms with E-state index < -0.39 is 6.03 Å². The average molecular weight is 147 g/mol. The maximum absolute atomic E-state index is 10.2. The Hall–Kier alpha value is -1.17. The largest absolute Gasteiger partial charge is 0.383 e. The second kappa shape index (κ2) is 4.68. The first-order chi connectivity index (χ1) is 4.72. The van der Waals surface area contributed by atoms with Gasteiger partial charge in [0, 0.05) is 7.11 Å². The monoisotopic (exact) mass is 147 g/mol. The lowest BCUT2D eigenvalue weighted by Gasteiger charge is -2.07. The van der Waals surface area contributed by atoms with Crippen molar-refractivity contribution in [3.05, 3.63) is 4.91 Å². The SMILES string of the molecule is COCCN(N=O)C(N)=O. The van der Waals surface area contributed by atoms with Crippen LogP contribution in [0.3, 0.4) is 0 Å². The highest BCUT2D eigenvalue weighted by molar-refractivity contribution is 5.71. The number of nitrogens with two attached hydrogens (primary N) is 1. The molecule has 0 aliphatic carbocycles. The van der Waals surface area contributed by atoms with E-state index in [9.17, 15) is 9.70 Å². The summed E-state index contributed by atoms with van der Waals surface area (Å²) in [6.45, 7) is 0.337. The average Bonchev–Trinajstić information content (AvgIpc) is 1.89. The van der Waals surface area contributed by atoms with Crippen molar-refractivity contribution in [2.75, 3.05) is 20.3 Å². The zero-order valence-electron chi connectivity index (χ0n) is 5.61. The Morgan fingerprint density at radius 2 is 2.40 bits per heavy atom. The fourth-order valence-corrected chi connectivity index (χ4v) is 0.369. The number of carbonyl (C=O) groups is 1. The molecule has 2 amide bonds. The first-order valence-electron chi connectivity index (χ1n) is 2.61. The smallest absolute Gasteiger partial charge is 0.337 e. The van der Waals surface area contributed by atoms with E-state index in [0.717, 1.165) is 0 Å². The van der Waals surface area contributed by atoms with Crippen LogP contribution in [0, 0.1) is 4.91 Å². The minimum atomic E-state index is -0.868. The molecule has 6 heteroatoms. The maximum Gasteiger partial charge on any atom is 0.337 e. The molecule has 0 aromatic carbocycles. The second-order valence-electron chi connectivity index (χ2n) is 1.54. The third-order valence-corrected chi connectivity index (χ3v) is 0.860. The van der Waals surface area contributed by atoms with Crippen molar-refractivity contribution < 1.29 is 9.53 Å². The molecule has 0 aromatic heterocycles. The Labute approximate surface area is 57.9 Å². The van der Waals surface area contributed by atoms with Gasteiger partial charge in [0.1, 0.15) is 0 Å². The Morgan fingerprint density at radius 3 is 2.70 bits per heavy atom. The van der Waals surface area contributed by atoms with Gasteiger partial charge in [-0.2, -0.15) is 5.01 Å². The summed E-state index contributed by atoms with van der Waals surface area (Å²) in [4.78, 5) is 20.0. The summed E-state index contributed by atoms with van der Waals surface area (Å²) in [5.41, 5.74) is 4.73. The maximum atomic E-state index is 10.2. The summed E-state index contributed by atoms with van der Waals surface area (Å²) in [5, 5.41) is 2.94. The molecule has 0 saturated heterocycles. The number of hydrogen-bond donors (Lipinski definition) is 1. The van der Waals surface area contributed by atoms with Crippen molar-refractivity contribution in [2.24, 2.45) is 11.0 Å². The van der Waals surface area contributed by atoms with E-state index in [1.54, 1.807) is 0 Å². The number of amides is 2. The third-order valence-electron chi connectivity index (χ3n) is 0.860. The van der Waals surface area contributed by atoms with Crippen molar-refractivity contribution in [2.45, 2.75) is 0 Å². The topological polar surface area (TPSA) is 85.0 Å². The summed E-state index contributed by atoms with van der Waals surface area (Å²) in [6, 6.07) is -0.868. The van der Waals surface area contributed by atoms with Gasteiger partial charge in [-0.1, -0.05) is 0 Å². The van der Waals surface area contributed by atoms with Crippen LogP contribution in [0.5, 0.6) is 0 Å². The van der Waals surface area contributed by atoms with E-state index in [-0.39, 0.29) is 13.2 Å². The van der Waals surface area contributed by atoms with Crippen molar-refractivity contribution in [3.8, 4) is 0 Å². The lowest BCUT2D eigenvalue weighted by molar-refractivity contribution is 0.154. The summed E-state index contributed by atoms with van der Waals surface area (Å²) < 4.78 is 4.58. The van der Waals surface area contributed by atoms with E-state index in [4.69, 9.17) is 5.73 Å². The highest BCUT2D eigenvalue weighted by atomic mass is 16.5. The number of carbonyl (C=O) groups excluding carboxylic acids is 1. The van der Waals surface area contributed by atoms with E-state index in [1.807, 2.05) is 0 Å². The first-order valence-corrected chi connectivity index (χ1v) is 2.61. The molecule has 0 aliphatic rings. The van der Waals surface area contributed by atoms with Gasteiger partial charge in [0.25, 0.3) is 0 Å². The highest BCUT2D eigenvalue weighted by Gasteiger charge is 2.07. The Morgan fingerprint density at radius 1 is 1.80 bits per heavy atom. The van der Waals surface area contributed by atoms with Crippen LogP contribution in [0.25, 0.3) is 0 Å². The Balaban J connectivity index is 3.60. The van der Waals surface area contributed by atoms with Crippen LogP contribution < -0.4 is 5.73 Å². The van der Waals surface area contributed by atoms with Crippen LogP contribution in [0.2, 0.25) is 0 Å². The third kappa shape index (κ3) is 2.98. The van der Waals surface area contributed by atoms with Crippen LogP contribution in [0.15, 0.2) is 5.29 Å². The van der Waals surface area contributed by atoms with Gasteiger partial charge in [-0.05, 0) is 0 Å². The van der Waals surface area contributed by atoms with E-state index in [2.05, 4.69) is 10.0 Å². The summed E-state index contributed by atoms with van der Waals surface area (Å²) in [5.74, 6) is 0. The van der Waals surface area contributed by atoms with Gasteiger partial charge in [-0.3, -0.25) is 0 Å². The fourth-order valence-electron chi connectivity index (χ4n) is 0.369. The summed E-state index contributed by atoms with van der Waals surface area (Å²) in [6.07, 6.45) is 0. The minimum absolute atomic E-state index is 0.0926. The van der Waals surface area contributed by atoms with Crippen LogP contribution in [-0.4, -0.2) is 31.3 Å². The molecule has 0 aromatic rings. The molecule has 0 spiro atoms. The normalized spacial score (nSPS) is 8.90. The van der Waals surface area contributed by atoms with Gasteiger partial charge in [0.2, 0.25) is 0 Å². The fraction of sp³-hybridized carbons (Fsp3) is 0.750. The molecule has 0 atom stereocenters. The molecule has 0 bridgehead atoms. The van der Waals surface area contributed by atoms with Gasteiger partial charge in [-0.25, -0.2) is 4.79 Å². The molecule has 0 rings (SSSR count). The Kier molecular flexibility index (Phi) is 4.14. The molecule has 0 heterocycles. The van der Waals surface area contributed by atoms with Gasteiger partial charge in [0.15, 0.2) is 0 Å². The van der Waals surface area contributed by atoms with Crippen LogP contribution in [0.1, 0.15) is 0 Å². The van der Waals surface area contributed by atoms with Crippen molar-refractivity contribution in [3.63, 3.8) is 0 Å². The molecular formula is C4H9N3O3. The lowest BCUT2D eigenvalue weighted by Crippen LogP contribution is -2.33. The van der Waals surface area contributed by atoms with Crippen molar-refractivity contribution >= 4 is 6.03 Å². The summed E-state index contributed by atoms with van der Waals surface area (Å²) >= 11 is 0. The zero-order valence-corrected chi connectivity index (χ0v) is 5.61. The second-order valence-corrected chi connectivity index (χ2v) is 1.54. The number of primary amides is 1. The minimum Gasteiger partial charge on any atom is -0.383 e. The number of urea groups is 1. The predicted octanol–water partition coefficient (Wildman–Crippen LogP) is -0.305. The molecule has 0 aliphatic heterocycles. The van der Waals surface area contributed by atoms with Gasteiger partial charge >= 0.3 is 6.03 Å². The van der Waals surface area contributed by atoms with Crippen molar-refractivity contribution in [1.29, 1.82) is 0 Å². The van der Waals surface area contributed by atoms with Crippen molar-refractivity contribution in [1.82, 2.24) is 5.01 Å². The van der Waals surface area contributed by atoms with E-state index in [0.29, 0.717) is 5.01 Å². The quantitative estimate of drug-likeness (QED) is 0.437. The zero-order chi connectivity index (χ0) is 7.98. The molecule has 10 heavy (non-hydrogen) atoms. The molecule has 0 saturated carbocycles. The Bertz CT molecular complexity index is 127. The first kappa shape index (κ1) is 8.83. The molecule has 58 valence electrons. The standard InChI is InChI=1S/C4H9N3O3/c1-10-3-2-7(6-9)4(5)8/h2-3H2,1H3,(H2,5,8). The van der Waals surface area contributed by atoms with Crippen LogP contribution >= 0.6 is 0 Å². The molecule has 2 N–H and O–H groups in total. The number of hydrogen-bond acceptors (Lipinski definition) is 4. The molecular weight excluding hydrogens is 138 g/mol. The van der Waals surface area contributed by atoms with Gasteiger partial charge < -0.3 is 10.5 Å². The van der Waals surface area contributed by atoms with E-state index in [1.165, 1.54) is 7.11 Å². The predicted molar refractivity (Wildman–Crippen MR) is 34.0 cm³/mol. The molecule has 6 nitrogen and oxygen atoms in total. The van der Waals surface area contributed by atoms with E-state index >= 15 is 0 Å². The van der Waals surface area contributed by atoms with Crippen LogP contribution in [-0.2, 0) is 4.74 Å². The number of rotatable bonds is 4. The number of nitrogens with zero attached hydrogens (tertiary/aromatic N) is 2. The molecule has 0 radical (unpaired) electrons. The number of nitroso groups, excluding NO2 is 1. The van der Waals surface area contributed by atoms with Gasteiger partial charge in [-0.15, -0.1) is 4.91 Å². The number of methoxy groups -OCH3 is 1. The highest BCUT2D eigenvalue weighted by Crippen LogP contribution is 1.86. The van der Waals surface area contributed by atoms with Crippen LogP contribution in [0.4, 0.5) is 4.79 Å². The summed E-state index contributed by atoms with van der Waals surface area (Å²) in [7, 11) is 1.45. The lowest BCUT2D eigenvalue weighted by atomic mass is 10.6.